The van der Waals surface area contributed by atoms with E-state index < -0.39 is 0 Å². The third kappa shape index (κ3) is 4.38. The summed E-state index contributed by atoms with van der Waals surface area (Å²) in [7, 11) is 1.57. The monoisotopic (exact) mass is 386 g/mol. The highest BCUT2D eigenvalue weighted by atomic mass is 16.5. The number of nitrogens with zero attached hydrogens (tertiary/aromatic N) is 4. The van der Waals surface area contributed by atoms with Crippen molar-refractivity contribution in [1.82, 2.24) is 19.5 Å². The van der Waals surface area contributed by atoms with Crippen molar-refractivity contribution in [3.05, 3.63) is 85.2 Å². The number of hydrogen-bond donors (Lipinski definition) is 2. The topological polar surface area (TPSA) is 94.0 Å². The molecule has 0 aliphatic carbocycles. The molecule has 2 N–H and O–H groups in total. The van der Waals surface area contributed by atoms with Crippen LogP contribution in [0.2, 0.25) is 0 Å². The van der Waals surface area contributed by atoms with Crippen LogP contribution in [-0.2, 0) is 0 Å². The van der Waals surface area contributed by atoms with Crippen molar-refractivity contribution in [2.45, 2.75) is 0 Å². The van der Waals surface area contributed by atoms with Crippen LogP contribution in [0.4, 0.5) is 17.2 Å². The Hall–Kier alpha value is -4.20. The average molecular weight is 386 g/mol. The van der Waals surface area contributed by atoms with Gasteiger partial charge in [-0.05, 0) is 42.5 Å². The molecule has 0 bridgehead atoms. The number of amides is 1. The van der Waals surface area contributed by atoms with Crippen molar-refractivity contribution in [2.24, 2.45) is 0 Å². The fourth-order valence-corrected chi connectivity index (χ4v) is 2.70. The van der Waals surface area contributed by atoms with Crippen LogP contribution in [-0.4, -0.2) is 32.5 Å². The number of anilines is 3. The van der Waals surface area contributed by atoms with Gasteiger partial charge in [0.15, 0.2) is 0 Å². The summed E-state index contributed by atoms with van der Waals surface area (Å²) >= 11 is 0. The quantitative estimate of drug-likeness (QED) is 0.525. The minimum Gasteiger partial charge on any atom is -0.497 e. The van der Waals surface area contributed by atoms with E-state index in [9.17, 15) is 4.79 Å². The zero-order valence-corrected chi connectivity index (χ0v) is 15.6. The van der Waals surface area contributed by atoms with Crippen molar-refractivity contribution < 1.29 is 9.53 Å². The first-order chi connectivity index (χ1) is 14.2. The number of carbonyl (C=O) groups is 1. The van der Waals surface area contributed by atoms with Crippen molar-refractivity contribution in [3.8, 4) is 11.6 Å². The van der Waals surface area contributed by atoms with Gasteiger partial charge in [-0.3, -0.25) is 9.36 Å². The Morgan fingerprint density at radius 1 is 1.03 bits per heavy atom. The van der Waals surface area contributed by atoms with Crippen molar-refractivity contribution in [1.29, 1.82) is 0 Å². The molecule has 0 spiro atoms. The molecule has 4 aromatic rings. The Kier molecular flexibility index (Phi) is 5.15. The molecule has 4 rings (SSSR count). The Labute approximate surface area is 167 Å². The number of benzene rings is 2. The molecule has 0 saturated heterocycles. The van der Waals surface area contributed by atoms with Gasteiger partial charge in [-0.25, -0.2) is 15.0 Å². The van der Waals surface area contributed by atoms with Gasteiger partial charge in [0, 0.05) is 35.4 Å². The maximum absolute atomic E-state index is 12.4. The fourth-order valence-electron chi connectivity index (χ4n) is 2.70. The van der Waals surface area contributed by atoms with E-state index >= 15 is 0 Å². The summed E-state index contributed by atoms with van der Waals surface area (Å²) in [5.74, 6) is 1.79. The minimum absolute atomic E-state index is 0.203. The standard InChI is InChI=1S/C21H18N6O2/c1-29-18-4-2-3-15(11-18)21(28)26-17-7-5-16(6-8-17)25-19-12-20(24-13-23-19)27-10-9-22-14-27/h2-14H,1H3,(H,26,28)(H,23,24,25). The smallest absolute Gasteiger partial charge is 0.255 e. The number of aromatic nitrogens is 4. The van der Waals surface area contributed by atoms with Crippen LogP contribution >= 0.6 is 0 Å². The zero-order chi connectivity index (χ0) is 20.1. The van der Waals surface area contributed by atoms with Crippen LogP contribution in [0.25, 0.3) is 5.82 Å². The molecular formula is C21H18N6O2. The Bertz CT molecular complexity index is 1110. The molecule has 8 heteroatoms. The lowest BCUT2D eigenvalue weighted by atomic mass is 10.2. The molecule has 2 heterocycles. The highest BCUT2D eigenvalue weighted by molar-refractivity contribution is 6.04. The molecule has 2 aromatic carbocycles. The zero-order valence-electron chi connectivity index (χ0n) is 15.6. The van der Waals surface area contributed by atoms with Gasteiger partial charge < -0.3 is 15.4 Å². The van der Waals surface area contributed by atoms with Crippen LogP contribution in [0.5, 0.6) is 5.75 Å². The van der Waals surface area contributed by atoms with Gasteiger partial charge in [-0.15, -0.1) is 0 Å². The third-order valence-corrected chi connectivity index (χ3v) is 4.17. The van der Waals surface area contributed by atoms with Crippen molar-refractivity contribution >= 4 is 23.1 Å². The fraction of sp³-hybridized carbons (Fsp3) is 0.0476. The van der Waals surface area contributed by atoms with Crippen molar-refractivity contribution in [3.63, 3.8) is 0 Å². The van der Waals surface area contributed by atoms with E-state index in [4.69, 9.17) is 4.74 Å². The van der Waals surface area contributed by atoms with Gasteiger partial charge in [-0.2, -0.15) is 0 Å². The number of ether oxygens (including phenoxy) is 1. The lowest BCUT2D eigenvalue weighted by Crippen LogP contribution is -2.11. The van der Waals surface area contributed by atoms with Gasteiger partial charge in [0.1, 0.15) is 30.0 Å². The highest BCUT2D eigenvalue weighted by Crippen LogP contribution is 2.20. The van der Waals surface area contributed by atoms with Crippen LogP contribution in [0, 0.1) is 0 Å². The van der Waals surface area contributed by atoms with Crippen LogP contribution in [0.3, 0.4) is 0 Å². The van der Waals surface area contributed by atoms with E-state index in [1.165, 1.54) is 6.33 Å². The molecule has 0 radical (unpaired) electrons. The van der Waals surface area contributed by atoms with Gasteiger partial charge in [0.05, 0.1) is 7.11 Å². The van der Waals surface area contributed by atoms with Crippen LogP contribution in [0.15, 0.2) is 79.6 Å². The van der Waals surface area contributed by atoms with E-state index in [1.807, 2.05) is 36.5 Å². The predicted molar refractivity (Wildman–Crippen MR) is 110 cm³/mol. The Balaban J connectivity index is 1.43. The molecule has 1 amide bonds. The number of rotatable bonds is 6. The van der Waals surface area contributed by atoms with Gasteiger partial charge in [0.2, 0.25) is 0 Å². The number of hydrogen-bond acceptors (Lipinski definition) is 6. The number of methoxy groups -OCH3 is 1. The molecule has 0 atom stereocenters. The summed E-state index contributed by atoms with van der Waals surface area (Å²) in [6.45, 7) is 0. The number of carbonyl (C=O) groups excluding carboxylic acids is 1. The molecule has 0 aliphatic heterocycles. The summed E-state index contributed by atoms with van der Waals surface area (Å²) in [6, 6.07) is 16.2. The molecule has 2 aromatic heterocycles. The second-order valence-corrected chi connectivity index (χ2v) is 6.12. The first kappa shape index (κ1) is 18.2. The molecule has 0 unspecified atom stereocenters. The lowest BCUT2D eigenvalue weighted by molar-refractivity contribution is 0.102. The molecule has 8 nitrogen and oxygen atoms in total. The molecule has 144 valence electrons. The molecule has 0 fully saturated rings. The first-order valence-electron chi connectivity index (χ1n) is 8.84. The normalized spacial score (nSPS) is 10.4. The summed E-state index contributed by atoms with van der Waals surface area (Å²) in [6.07, 6.45) is 6.66. The summed E-state index contributed by atoms with van der Waals surface area (Å²) in [4.78, 5) is 24.9. The van der Waals surface area contributed by atoms with Gasteiger partial charge in [-0.1, -0.05) is 6.07 Å². The predicted octanol–water partition coefficient (Wildman–Crippen LogP) is 3.67. The SMILES string of the molecule is COc1cccc(C(=O)Nc2ccc(Nc3cc(-n4ccnc4)ncn3)cc2)c1. The molecule has 29 heavy (non-hydrogen) atoms. The van der Waals surface area contributed by atoms with Gasteiger partial charge in [0.25, 0.3) is 5.91 Å². The van der Waals surface area contributed by atoms with Gasteiger partial charge >= 0.3 is 0 Å². The summed E-state index contributed by atoms with van der Waals surface area (Å²) in [5.41, 5.74) is 2.05. The highest BCUT2D eigenvalue weighted by Gasteiger charge is 2.07. The van der Waals surface area contributed by atoms with E-state index in [1.54, 1.807) is 48.5 Å². The van der Waals surface area contributed by atoms with Crippen LogP contribution in [0.1, 0.15) is 10.4 Å². The second kappa shape index (κ2) is 8.22. The van der Waals surface area contributed by atoms with E-state index in [0.29, 0.717) is 28.6 Å². The van der Waals surface area contributed by atoms with E-state index in [-0.39, 0.29) is 5.91 Å². The largest absolute Gasteiger partial charge is 0.497 e. The lowest BCUT2D eigenvalue weighted by Gasteiger charge is -2.09. The van der Waals surface area contributed by atoms with E-state index in [2.05, 4.69) is 25.6 Å². The number of imidazole rings is 1. The number of nitrogens with one attached hydrogen (secondary N) is 2. The first-order valence-corrected chi connectivity index (χ1v) is 8.84. The van der Waals surface area contributed by atoms with Crippen molar-refractivity contribution in [2.75, 3.05) is 17.7 Å². The van der Waals surface area contributed by atoms with E-state index in [0.717, 1.165) is 5.69 Å². The second-order valence-electron chi connectivity index (χ2n) is 6.12. The maximum Gasteiger partial charge on any atom is 0.255 e. The average Bonchev–Trinajstić information content (AvgIpc) is 3.30. The molecule has 0 aliphatic rings. The summed E-state index contributed by atoms with van der Waals surface area (Å²) < 4.78 is 6.95. The minimum atomic E-state index is -0.203. The Morgan fingerprint density at radius 3 is 2.62 bits per heavy atom. The maximum atomic E-state index is 12.4. The molecule has 0 saturated carbocycles. The third-order valence-electron chi connectivity index (χ3n) is 4.17. The molecular weight excluding hydrogens is 368 g/mol. The Morgan fingerprint density at radius 2 is 1.86 bits per heavy atom. The van der Waals surface area contributed by atoms with Crippen LogP contribution < -0.4 is 15.4 Å². The summed E-state index contributed by atoms with van der Waals surface area (Å²) in [5, 5.41) is 6.09.